The number of rotatable bonds is 7. The van der Waals surface area contributed by atoms with Gasteiger partial charge in [-0.2, -0.15) is 0 Å². The van der Waals surface area contributed by atoms with Gasteiger partial charge in [-0.3, -0.25) is 19.7 Å². The number of amides is 1. The van der Waals surface area contributed by atoms with Crippen molar-refractivity contribution < 1.29 is 19.6 Å². The number of pyridine rings is 1. The number of carboxylic acids is 1. The summed E-state index contributed by atoms with van der Waals surface area (Å²) in [6.45, 7) is 1.60. The van der Waals surface area contributed by atoms with Crippen molar-refractivity contribution in [1.82, 2.24) is 10.3 Å². The van der Waals surface area contributed by atoms with Gasteiger partial charge in [-0.15, -0.1) is 0 Å². The Hall–Kier alpha value is -2.71. The van der Waals surface area contributed by atoms with Crippen LogP contribution in [0.2, 0.25) is 0 Å². The summed E-state index contributed by atoms with van der Waals surface area (Å²) in [6.07, 6.45) is 0.922. The molecule has 1 atom stereocenters. The van der Waals surface area contributed by atoms with E-state index < -0.39 is 16.9 Å². The van der Waals surface area contributed by atoms with Crippen molar-refractivity contribution in [2.24, 2.45) is 0 Å². The summed E-state index contributed by atoms with van der Waals surface area (Å²) in [4.78, 5) is 35.6. The lowest BCUT2D eigenvalue weighted by Crippen LogP contribution is -2.38. The molecular formula is C11H14N4O5. The number of hydrogen-bond donors (Lipinski definition) is 3. The first-order valence-electron chi connectivity index (χ1n) is 5.76. The third-order valence-electron chi connectivity index (χ3n) is 2.35. The number of aliphatic carboxylic acids is 1. The van der Waals surface area contributed by atoms with E-state index in [4.69, 9.17) is 5.11 Å². The lowest BCUT2D eigenvalue weighted by Gasteiger charge is -2.13. The maximum atomic E-state index is 11.6. The van der Waals surface area contributed by atoms with Crippen LogP contribution in [0.5, 0.6) is 0 Å². The average Bonchev–Trinajstić information content (AvgIpc) is 2.38. The van der Waals surface area contributed by atoms with Gasteiger partial charge in [-0.25, -0.2) is 4.98 Å². The normalized spacial score (nSPS) is 11.4. The minimum absolute atomic E-state index is 0.0356. The molecule has 20 heavy (non-hydrogen) atoms. The molecule has 0 saturated heterocycles. The Bertz CT molecular complexity index is 502. The average molecular weight is 282 g/mol. The van der Waals surface area contributed by atoms with Crippen molar-refractivity contribution in [3.05, 3.63) is 28.4 Å². The second-order valence-corrected chi connectivity index (χ2v) is 3.96. The van der Waals surface area contributed by atoms with Gasteiger partial charge in [0.1, 0.15) is 18.1 Å². The van der Waals surface area contributed by atoms with Crippen LogP contribution in [0.15, 0.2) is 18.3 Å². The first-order chi connectivity index (χ1) is 9.40. The molecule has 1 amide bonds. The third-order valence-corrected chi connectivity index (χ3v) is 2.35. The second-order valence-electron chi connectivity index (χ2n) is 3.96. The van der Waals surface area contributed by atoms with Crippen LogP contribution in [-0.4, -0.2) is 39.5 Å². The van der Waals surface area contributed by atoms with E-state index in [9.17, 15) is 19.7 Å². The summed E-state index contributed by atoms with van der Waals surface area (Å²) in [5.41, 5.74) is -0.144. The molecule has 0 aliphatic rings. The Kier molecular flexibility index (Phi) is 5.39. The Morgan fingerprint density at radius 1 is 1.50 bits per heavy atom. The van der Waals surface area contributed by atoms with E-state index in [1.165, 1.54) is 12.1 Å². The van der Waals surface area contributed by atoms with Crippen molar-refractivity contribution in [2.45, 2.75) is 19.4 Å². The highest BCUT2D eigenvalue weighted by Crippen LogP contribution is 2.12. The van der Waals surface area contributed by atoms with Crippen LogP contribution in [-0.2, 0) is 9.59 Å². The van der Waals surface area contributed by atoms with Crippen LogP contribution in [0.25, 0.3) is 0 Å². The fraction of sp³-hybridized carbons (Fsp3) is 0.364. The van der Waals surface area contributed by atoms with E-state index in [0.717, 1.165) is 6.20 Å². The van der Waals surface area contributed by atoms with Gasteiger partial charge in [0.05, 0.1) is 11.3 Å². The van der Waals surface area contributed by atoms with E-state index in [1.807, 2.05) is 0 Å². The van der Waals surface area contributed by atoms with Gasteiger partial charge in [-0.1, -0.05) is 0 Å². The maximum absolute atomic E-state index is 11.6. The molecule has 0 fully saturated rings. The van der Waals surface area contributed by atoms with Crippen LogP contribution >= 0.6 is 0 Å². The standard InChI is InChI=1S/C11H14N4O5/c1-7(11(18)12-5-4-10(16)17)14-9-3-2-8(6-13-9)15(19)20/h2-3,6-7H,4-5H2,1H3,(H,12,18)(H,13,14)(H,16,17). The molecule has 1 heterocycles. The first-order valence-corrected chi connectivity index (χ1v) is 5.76. The minimum atomic E-state index is -0.997. The van der Waals surface area contributed by atoms with Gasteiger partial charge in [-0.05, 0) is 13.0 Å². The van der Waals surface area contributed by atoms with Gasteiger partial charge in [0, 0.05) is 12.6 Å². The number of carboxylic acid groups (broad SMARTS) is 1. The van der Waals surface area contributed by atoms with Crippen LogP contribution < -0.4 is 10.6 Å². The Morgan fingerprint density at radius 2 is 2.20 bits per heavy atom. The van der Waals surface area contributed by atoms with Gasteiger partial charge < -0.3 is 15.7 Å². The molecule has 3 N–H and O–H groups in total. The lowest BCUT2D eigenvalue weighted by atomic mass is 10.3. The quantitative estimate of drug-likeness (QED) is 0.486. The van der Waals surface area contributed by atoms with Gasteiger partial charge in [0.25, 0.3) is 5.69 Å². The number of carbonyl (C=O) groups excluding carboxylic acids is 1. The van der Waals surface area contributed by atoms with Crippen molar-refractivity contribution >= 4 is 23.4 Å². The number of nitrogens with one attached hydrogen (secondary N) is 2. The zero-order chi connectivity index (χ0) is 15.1. The molecule has 1 unspecified atom stereocenters. The van der Waals surface area contributed by atoms with E-state index in [-0.39, 0.29) is 24.6 Å². The van der Waals surface area contributed by atoms with Crippen LogP contribution in [0.3, 0.4) is 0 Å². The zero-order valence-corrected chi connectivity index (χ0v) is 10.7. The highest BCUT2D eigenvalue weighted by molar-refractivity contribution is 5.84. The predicted octanol–water partition coefficient (Wildman–Crippen LogP) is 0.381. The molecular weight excluding hydrogens is 268 g/mol. The second kappa shape index (κ2) is 7.02. The maximum Gasteiger partial charge on any atom is 0.305 e. The molecule has 0 spiro atoms. The molecule has 0 aliphatic carbocycles. The smallest absolute Gasteiger partial charge is 0.305 e. The number of aromatic nitrogens is 1. The largest absolute Gasteiger partial charge is 0.481 e. The Labute approximate surface area is 114 Å². The molecule has 9 nitrogen and oxygen atoms in total. The minimum Gasteiger partial charge on any atom is -0.481 e. The SMILES string of the molecule is CC(Nc1ccc([N+](=O)[O-])cn1)C(=O)NCCC(=O)O. The molecule has 0 radical (unpaired) electrons. The molecule has 1 rings (SSSR count). The van der Waals surface area contributed by atoms with Crippen molar-refractivity contribution in [2.75, 3.05) is 11.9 Å². The number of anilines is 1. The fourth-order valence-electron chi connectivity index (χ4n) is 1.31. The molecule has 0 aromatic carbocycles. The monoisotopic (exact) mass is 282 g/mol. The molecule has 0 saturated carbocycles. The summed E-state index contributed by atoms with van der Waals surface area (Å²) in [5.74, 6) is -1.06. The van der Waals surface area contributed by atoms with E-state index >= 15 is 0 Å². The van der Waals surface area contributed by atoms with E-state index in [1.54, 1.807) is 6.92 Å². The molecule has 0 bridgehead atoms. The number of hydrogen-bond acceptors (Lipinski definition) is 6. The molecule has 9 heteroatoms. The Balaban J connectivity index is 2.48. The topological polar surface area (TPSA) is 134 Å². The molecule has 0 aliphatic heterocycles. The zero-order valence-electron chi connectivity index (χ0n) is 10.7. The molecule has 108 valence electrons. The van der Waals surface area contributed by atoms with Gasteiger partial charge in [0.2, 0.25) is 5.91 Å². The molecule has 1 aromatic heterocycles. The van der Waals surface area contributed by atoms with Crippen LogP contribution in [0.4, 0.5) is 11.5 Å². The van der Waals surface area contributed by atoms with Crippen molar-refractivity contribution in [3.63, 3.8) is 0 Å². The Morgan fingerprint density at radius 3 is 2.70 bits per heavy atom. The number of nitro groups is 1. The molecule has 1 aromatic rings. The predicted molar refractivity (Wildman–Crippen MR) is 69.2 cm³/mol. The summed E-state index contributed by atoms with van der Waals surface area (Å²) >= 11 is 0. The third kappa shape index (κ3) is 4.88. The van der Waals surface area contributed by atoms with Crippen LogP contribution in [0.1, 0.15) is 13.3 Å². The van der Waals surface area contributed by atoms with Crippen molar-refractivity contribution in [1.29, 1.82) is 0 Å². The number of carbonyl (C=O) groups is 2. The highest BCUT2D eigenvalue weighted by atomic mass is 16.6. The summed E-state index contributed by atoms with van der Waals surface area (Å²) in [5, 5.41) is 24.1. The number of nitrogens with zero attached hydrogens (tertiary/aromatic N) is 2. The van der Waals surface area contributed by atoms with Crippen LogP contribution in [0, 0.1) is 10.1 Å². The fourth-order valence-corrected chi connectivity index (χ4v) is 1.31. The summed E-state index contributed by atoms with van der Waals surface area (Å²) in [6, 6.07) is 2.02. The summed E-state index contributed by atoms with van der Waals surface area (Å²) < 4.78 is 0. The van der Waals surface area contributed by atoms with Gasteiger partial charge in [0.15, 0.2) is 0 Å². The van der Waals surface area contributed by atoms with Gasteiger partial charge >= 0.3 is 5.97 Å². The lowest BCUT2D eigenvalue weighted by molar-refractivity contribution is -0.385. The highest BCUT2D eigenvalue weighted by Gasteiger charge is 2.13. The summed E-state index contributed by atoms with van der Waals surface area (Å²) in [7, 11) is 0. The van der Waals surface area contributed by atoms with Crippen molar-refractivity contribution in [3.8, 4) is 0 Å². The van der Waals surface area contributed by atoms with E-state index in [2.05, 4.69) is 15.6 Å². The van der Waals surface area contributed by atoms with E-state index in [0.29, 0.717) is 5.82 Å². The first kappa shape index (κ1) is 15.3.